The van der Waals surface area contributed by atoms with Gasteiger partial charge in [-0.1, -0.05) is 23.2 Å². The van der Waals surface area contributed by atoms with Gasteiger partial charge in [0.2, 0.25) is 5.82 Å². The third-order valence-electron chi connectivity index (χ3n) is 2.34. The summed E-state index contributed by atoms with van der Waals surface area (Å²) in [5.74, 6) is -8.45. The molecule has 0 fully saturated rings. The molecule has 108 valence electrons. The van der Waals surface area contributed by atoms with Crippen molar-refractivity contribution in [1.82, 2.24) is 9.97 Å². The van der Waals surface area contributed by atoms with Gasteiger partial charge in [-0.3, -0.25) is 0 Å². The number of hydrogen-bond donors (Lipinski definition) is 0. The predicted molar refractivity (Wildman–Crippen MR) is 59.5 cm³/mol. The van der Waals surface area contributed by atoms with Crippen molar-refractivity contribution in [3.05, 3.63) is 34.0 Å². The van der Waals surface area contributed by atoms with Crippen LogP contribution in [0.25, 0.3) is 10.9 Å². The summed E-state index contributed by atoms with van der Waals surface area (Å²) < 4.78 is 76.5. The van der Waals surface area contributed by atoms with Crippen LogP contribution in [-0.2, 0) is 5.92 Å². The molecule has 1 aromatic carbocycles. The molecule has 1 heterocycles. The Labute approximate surface area is 117 Å². The standard InChI is InChI=1S/C10H2Cl2F6N2/c11-3-1-2-4(13)6-5(3)7(12)20-8(19-6)9(14,15)10(16,17)18/h1-2H. The van der Waals surface area contributed by atoms with E-state index in [0.29, 0.717) is 0 Å². The van der Waals surface area contributed by atoms with E-state index < -0.39 is 34.4 Å². The van der Waals surface area contributed by atoms with E-state index in [1.54, 1.807) is 0 Å². The molecule has 2 aromatic rings. The van der Waals surface area contributed by atoms with Crippen LogP contribution in [0.4, 0.5) is 26.3 Å². The topological polar surface area (TPSA) is 25.8 Å². The number of nitrogens with zero attached hydrogens (tertiary/aromatic N) is 2. The highest BCUT2D eigenvalue weighted by atomic mass is 35.5. The van der Waals surface area contributed by atoms with Crippen molar-refractivity contribution < 1.29 is 26.3 Å². The largest absolute Gasteiger partial charge is 0.461 e. The van der Waals surface area contributed by atoms with Gasteiger partial charge in [0, 0.05) is 0 Å². The molecule has 0 amide bonds. The Morgan fingerprint density at radius 1 is 0.950 bits per heavy atom. The van der Waals surface area contributed by atoms with Crippen LogP contribution in [0.1, 0.15) is 5.82 Å². The van der Waals surface area contributed by atoms with Crippen molar-refractivity contribution in [2.75, 3.05) is 0 Å². The van der Waals surface area contributed by atoms with E-state index in [1.165, 1.54) is 0 Å². The number of hydrogen-bond acceptors (Lipinski definition) is 2. The minimum atomic E-state index is -5.93. The summed E-state index contributed by atoms with van der Waals surface area (Å²) in [4.78, 5) is 5.78. The van der Waals surface area contributed by atoms with Crippen molar-refractivity contribution in [2.24, 2.45) is 0 Å². The van der Waals surface area contributed by atoms with Gasteiger partial charge in [-0.05, 0) is 12.1 Å². The predicted octanol–water partition coefficient (Wildman–Crippen LogP) is 4.73. The molecule has 10 heteroatoms. The normalized spacial score (nSPS) is 13.0. The lowest BCUT2D eigenvalue weighted by Gasteiger charge is -2.18. The molecule has 0 N–H and O–H groups in total. The molecule has 2 nitrogen and oxygen atoms in total. The number of alkyl halides is 5. The number of fused-ring (bicyclic) bond motifs is 1. The second kappa shape index (κ2) is 4.63. The Bertz CT molecular complexity index is 685. The van der Waals surface area contributed by atoms with Gasteiger partial charge in [0.1, 0.15) is 16.5 Å². The highest BCUT2D eigenvalue weighted by molar-refractivity contribution is 6.41. The maximum atomic E-state index is 13.5. The first-order valence-corrected chi connectivity index (χ1v) is 5.57. The molecule has 0 aliphatic heterocycles. The van der Waals surface area contributed by atoms with Crippen LogP contribution in [0, 0.1) is 5.82 Å². The fourth-order valence-electron chi connectivity index (χ4n) is 1.39. The zero-order chi connectivity index (χ0) is 15.3. The highest BCUT2D eigenvalue weighted by Gasteiger charge is 2.61. The molecule has 0 aliphatic rings. The first-order chi connectivity index (χ1) is 9.05. The van der Waals surface area contributed by atoms with Crippen molar-refractivity contribution >= 4 is 34.1 Å². The van der Waals surface area contributed by atoms with Crippen molar-refractivity contribution in [3.8, 4) is 0 Å². The molecular weight excluding hydrogens is 333 g/mol. The molecular formula is C10H2Cl2F6N2. The summed E-state index contributed by atoms with van der Waals surface area (Å²) in [6.07, 6.45) is -5.93. The van der Waals surface area contributed by atoms with Crippen molar-refractivity contribution in [3.63, 3.8) is 0 Å². The van der Waals surface area contributed by atoms with Gasteiger partial charge in [0.05, 0.1) is 10.4 Å². The van der Waals surface area contributed by atoms with Gasteiger partial charge in [-0.15, -0.1) is 0 Å². The molecule has 0 atom stereocenters. The average molecular weight is 335 g/mol. The van der Waals surface area contributed by atoms with E-state index in [-0.39, 0.29) is 10.4 Å². The highest BCUT2D eigenvalue weighted by Crippen LogP contribution is 2.43. The van der Waals surface area contributed by atoms with Crippen molar-refractivity contribution in [2.45, 2.75) is 12.1 Å². The Morgan fingerprint density at radius 3 is 2.10 bits per heavy atom. The lowest BCUT2D eigenvalue weighted by Crippen LogP contribution is -2.35. The second-order valence-corrected chi connectivity index (χ2v) is 4.43. The van der Waals surface area contributed by atoms with E-state index in [1.807, 2.05) is 0 Å². The molecule has 0 unspecified atom stereocenters. The molecule has 2 rings (SSSR count). The average Bonchev–Trinajstić information content (AvgIpc) is 2.31. The maximum absolute atomic E-state index is 13.5. The molecule has 0 radical (unpaired) electrons. The number of benzene rings is 1. The van der Waals surface area contributed by atoms with Crippen LogP contribution >= 0.6 is 23.2 Å². The van der Waals surface area contributed by atoms with Gasteiger partial charge in [0.25, 0.3) is 0 Å². The summed E-state index contributed by atoms with van der Waals surface area (Å²) in [6, 6.07) is 1.82. The molecule has 20 heavy (non-hydrogen) atoms. The Morgan fingerprint density at radius 2 is 1.55 bits per heavy atom. The summed E-state index contributed by atoms with van der Waals surface area (Å²) in [5.41, 5.74) is -0.809. The number of aromatic nitrogens is 2. The third kappa shape index (κ3) is 2.26. The first-order valence-electron chi connectivity index (χ1n) is 4.82. The second-order valence-electron chi connectivity index (χ2n) is 3.66. The third-order valence-corrected chi connectivity index (χ3v) is 2.93. The number of halogens is 8. The van der Waals surface area contributed by atoms with Crippen LogP contribution in [0.2, 0.25) is 10.2 Å². The molecule has 0 bridgehead atoms. The minimum absolute atomic E-state index is 0.173. The lowest BCUT2D eigenvalue weighted by molar-refractivity contribution is -0.292. The van der Waals surface area contributed by atoms with Gasteiger partial charge >= 0.3 is 12.1 Å². The smallest absolute Gasteiger partial charge is 0.223 e. The summed E-state index contributed by atoms with van der Waals surface area (Å²) in [6.45, 7) is 0. The molecule has 1 aromatic heterocycles. The molecule has 0 saturated carbocycles. The van der Waals surface area contributed by atoms with Crippen LogP contribution in [0.3, 0.4) is 0 Å². The van der Waals surface area contributed by atoms with Crippen LogP contribution < -0.4 is 0 Å². The quantitative estimate of drug-likeness (QED) is 0.556. The molecule has 0 spiro atoms. The van der Waals surface area contributed by atoms with E-state index in [2.05, 4.69) is 9.97 Å². The Kier molecular flexibility index (Phi) is 3.50. The Balaban J connectivity index is 2.80. The van der Waals surface area contributed by atoms with E-state index in [0.717, 1.165) is 12.1 Å². The fourth-order valence-corrected chi connectivity index (χ4v) is 1.96. The SMILES string of the molecule is Fc1ccc(Cl)c2c(Cl)nc(C(F)(F)C(F)(F)F)nc12. The zero-order valence-electron chi connectivity index (χ0n) is 9.07. The molecule has 0 aliphatic carbocycles. The molecule has 0 saturated heterocycles. The van der Waals surface area contributed by atoms with Gasteiger partial charge < -0.3 is 0 Å². The summed E-state index contributed by atoms with van der Waals surface area (Å²) in [5, 5.41) is -1.30. The van der Waals surface area contributed by atoms with Crippen molar-refractivity contribution in [1.29, 1.82) is 0 Å². The fraction of sp³-hybridized carbons (Fsp3) is 0.200. The van der Waals surface area contributed by atoms with Crippen LogP contribution in [0.15, 0.2) is 12.1 Å². The zero-order valence-corrected chi connectivity index (χ0v) is 10.6. The van der Waals surface area contributed by atoms with Crippen LogP contribution in [-0.4, -0.2) is 16.1 Å². The maximum Gasteiger partial charge on any atom is 0.461 e. The monoisotopic (exact) mass is 334 g/mol. The van der Waals surface area contributed by atoms with Crippen LogP contribution in [0.5, 0.6) is 0 Å². The van der Waals surface area contributed by atoms with Gasteiger partial charge in [-0.25, -0.2) is 14.4 Å². The summed E-state index contributed by atoms with van der Waals surface area (Å²) >= 11 is 11.1. The van der Waals surface area contributed by atoms with Gasteiger partial charge in [0.15, 0.2) is 0 Å². The van der Waals surface area contributed by atoms with E-state index in [4.69, 9.17) is 23.2 Å². The van der Waals surface area contributed by atoms with E-state index >= 15 is 0 Å². The van der Waals surface area contributed by atoms with E-state index in [9.17, 15) is 26.3 Å². The number of rotatable bonds is 1. The first kappa shape index (κ1) is 15.1. The minimum Gasteiger partial charge on any atom is -0.223 e. The van der Waals surface area contributed by atoms with Gasteiger partial charge in [-0.2, -0.15) is 22.0 Å². The Hall–Kier alpha value is -1.28. The summed E-state index contributed by atoms with van der Waals surface area (Å²) in [7, 11) is 0. The lowest BCUT2D eigenvalue weighted by atomic mass is 10.2.